The Balaban J connectivity index is 1.68. The molecule has 144 valence electrons. The predicted molar refractivity (Wildman–Crippen MR) is 103 cm³/mol. The molecule has 8 heteroatoms. The number of aromatic nitrogens is 2. The third kappa shape index (κ3) is 4.68. The molecule has 0 aliphatic carbocycles. The summed E-state index contributed by atoms with van der Waals surface area (Å²) in [5.41, 5.74) is 0.793. The van der Waals surface area contributed by atoms with Gasteiger partial charge in [0.05, 0.1) is 18.0 Å². The summed E-state index contributed by atoms with van der Waals surface area (Å²) in [6.45, 7) is 6.85. The molecule has 0 spiro atoms. The van der Waals surface area contributed by atoms with Crippen LogP contribution < -0.4 is 4.90 Å². The zero-order valence-corrected chi connectivity index (χ0v) is 16.7. The van der Waals surface area contributed by atoms with Crippen LogP contribution in [0.15, 0.2) is 33.7 Å². The van der Waals surface area contributed by atoms with Gasteiger partial charge < -0.3 is 14.3 Å². The Bertz CT molecular complexity index is 821. The largest absolute Gasteiger partial charge is 0.339 e. The highest BCUT2D eigenvalue weighted by Crippen LogP contribution is 2.34. The highest BCUT2D eigenvalue weighted by atomic mass is 32.2. The lowest BCUT2D eigenvalue weighted by Crippen LogP contribution is -2.44. The summed E-state index contributed by atoms with van der Waals surface area (Å²) in [4.78, 5) is 33.8. The number of hydrogen-bond acceptors (Lipinski definition) is 6. The van der Waals surface area contributed by atoms with Crippen molar-refractivity contribution in [1.82, 2.24) is 15.0 Å². The van der Waals surface area contributed by atoms with Gasteiger partial charge in [-0.3, -0.25) is 9.59 Å². The minimum Gasteiger partial charge on any atom is -0.339 e. The van der Waals surface area contributed by atoms with Crippen LogP contribution in [0, 0.1) is 5.92 Å². The second kappa shape index (κ2) is 8.56. The first-order valence-electron chi connectivity index (χ1n) is 9.09. The molecular formula is C19H24N4O3S. The van der Waals surface area contributed by atoms with Gasteiger partial charge >= 0.3 is 0 Å². The minimum atomic E-state index is -0.136. The van der Waals surface area contributed by atoms with Gasteiger partial charge in [0, 0.05) is 17.9 Å². The second-order valence-corrected chi connectivity index (χ2v) is 7.86. The van der Waals surface area contributed by atoms with E-state index in [0.717, 1.165) is 10.6 Å². The first-order chi connectivity index (χ1) is 13.0. The van der Waals surface area contributed by atoms with Crippen LogP contribution in [0.4, 0.5) is 5.69 Å². The number of nitrogens with zero attached hydrogens (tertiary/aromatic N) is 4. The fourth-order valence-electron chi connectivity index (χ4n) is 2.90. The fraction of sp³-hybridized carbons (Fsp3) is 0.474. The van der Waals surface area contributed by atoms with Gasteiger partial charge in [-0.05, 0) is 25.0 Å². The van der Waals surface area contributed by atoms with Crippen molar-refractivity contribution < 1.29 is 14.1 Å². The van der Waals surface area contributed by atoms with Crippen molar-refractivity contribution in [1.29, 1.82) is 0 Å². The number of para-hydroxylation sites is 1. The van der Waals surface area contributed by atoms with E-state index in [2.05, 4.69) is 24.0 Å². The number of thioether (sulfide) groups is 1. The standard InChI is InChI=1S/C19H24N4O3S/c1-4-22(10-16-20-17(26-21-16)9-13(2)3)18(24)11-23-14-7-5-6-8-15(14)27-12-19(23)25/h5-8,13H,4,9-12H2,1-3H3. The van der Waals surface area contributed by atoms with E-state index >= 15 is 0 Å². The van der Waals surface area contributed by atoms with Crippen molar-refractivity contribution in [2.75, 3.05) is 23.7 Å². The summed E-state index contributed by atoms with van der Waals surface area (Å²) in [5.74, 6) is 1.65. The van der Waals surface area contributed by atoms with Crippen LogP contribution in [0.1, 0.15) is 32.5 Å². The third-order valence-corrected chi connectivity index (χ3v) is 5.31. The van der Waals surface area contributed by atoms with Crippen LogP contribution in [0.3, 0.4) is 0 Å². The minimum absolute atomic E-state index is 0.0148. The van der Waals surface area contributed by atoms with Crippen molar-refractivity contribution in [2.24, 2.45) is 5.92 Å². The Morgan fingerprint density at radius 1 is 1.37 bits per heavy atom. The van der Waals surface area contributed by atoms with E-state index in [1.165, 1.54) is 11.8 Å². The second-order valence-electron chi connectivity index (χ2n) is 6.85. The maximum atomic E-state index is 12.8. The molecule has 2 amide bonds. The van der Waals surface area contributed by atoms with E-state index in [1.807, 2.05) is 31.2 Å². The molecule has 0 saturated heterocycles. The first kappa shape index (κ1) is 19.4. The molecule has 0 N–H and O–H groups in total. The van der Waals surface area contributed by atoms with Crippen molar-refractivity contribution in [2.45, 2.75) is 38.6 Å². The van der Waals surface area contributed by atoms with Gasteiger partial charge in [-0.15, -0.1) is 11.8 Å². The highest BCUT2D eigenvalue weighted by Gasteiger charge is 2.28. The number of hydrogen-bond donors (Lipinski definition) is 0. The van der Waals surface area contributed by atoms with Crippen LogP contribution >= 0.6 is 11.8 Å². The number of carbonyl (C=O) groups is 2. The molecule has 1 aliphatic heterocycles. The van der Waals surface area contributed by atoms with Gasteiger partial charge in [0.2, 0.25) is 17.7 Å². The lowest BCUT2D eigenvalue weighted by molar-refractivity contribution is -0.131. The Labute approximate surface area is 163 Å². The first-order valence-corrected chi connectivity index (χ1v) is 10.1. The Morgan fingerprint density at radius 2 is 2.15 bits per heavy atom. The summed E-state index contributed by atoms with van der Waals surface area (Å²) < 4.78 is 5.25. The summed E-state index contributed by atoms with van der Waals surface area (Å²) >= 11 is 1.50. The van der Waals surface area contributed by atoms with Gasteiger partial charge in [0.25, 0.3) is 0 Å². The molecule has 2 aromatic rings. The average molecular weight is 388 g/mol. The molecule has 2 heterocycles. The molecule has 1 aliphatic rings. The predicted octanol–water partition coefficient (Wildman–Crippen LogP) is 2.76. The quantitative estimate of drug-likeness (QED) is 0.726. The van der Waals surface area contributed by atoms with E-state index in [-0.39, 0.29) is 24.9 Å². The van der Waals surface area contributed by atoms with Crippen molar-refractivity contribution in [3.63, 3.8) is 0 Å². The molecule has 0 unspecified atom stereocenters. The van der Waals surface area contributed by atoms with E-state index in [9.17, 15) is 9.59 Å². The summed E-state index contributed by atoms with van der Waals surface area (Å²) in [5, 5.41) is 3.97. The number of rotatable bonds is 7. The van der Waals surface area contributed by atoms with Crippen molar-refractivity contribution in [3.05, 3.63) is 36.0 Å². The van der Waals surface area contributed by atoms with Crippen LogP contribution in [-0.2, 0) is 22.6 Å². The number of carbonyl (C=O) groups excluding carboxylic acids is 2. The summed E-state index contributed by atoms with van der Waals surface area (Å²) in [6.07, 6.45) is 0.712. The van der Waals surface area contributed by atoms with Crippen LogP contribution in [0.2, 0.25) is 0 Å². The molecule has 0 bridgehead atoms. The Kier molecular flexibility index (Phi) is 6.15. The number of likely N-dealkylation sites (N-methyl/N-ethyl adjacent to an activating group) is 1. The molecular weight excluding hydrogens is 364 g/mol. The molecule has 3 rings (SSSR count). The highest BCUT2D eigenvalue weighted by molar-refractivity contribution is 8.00. The fourth-order valence-corrected chi connectivity index (χ4v) is 3.83. The molecule has 1 aromatic carbocycles. The van der Waals surface area contributed by atoms with E-state index < -0.39 is 0 Å². The number of fused-ring (bicyclic) bond motifs is 1. The Morgan fingerprint density at radius 3 is 2.89 bits per heavy atom. The van der Waals surface area contributed by atoms with Crippen LogP contribution in [0.5, 0.6) is 0 Å². The normalized spacial score (nSPS) is 13.8. The van der Waals surface area contributed by atoms with Gasteiger partial charge in [0.15, 0.2) is 5.82 Å². The lowest BCUT2D eigenvalue weighted by Gasteiger charge is -2.30. The molecule has 1 aromatic heterocycles. The smallest absolute Gasteiger partial charge is 0.243 e. The van der Waals surface area contributed by atoms with E-state index in [1.54, 1.807) is 9.80 Å². The van der Waals surface area contributed by atoms with Gasteiger partial charge in [-0.25, -0.2) is 0 Å². The summed E-state index contributed by atoms with van der Waals surface area (Å²) in [6, 6.07) is 7.66. The molecule has 27 heavy (non-hydrogen) atoms. The average Bonchev–Trinajstić information content (AvgIpc) is 3.08. The van der Waals surface area contributed by atoms with Crippen LogP contribution in [-0.4, -0.2) is 45.7 Å². The number of anilines is 1. The van der Waals surface area contributed by atoms with Gasteiger partial charge in [0.1, 0.15) is 6.54 Å². The van der Waals surface area contributed by atoms with Crippen LogP contribution in [0.25, 0.3) is 0 Å². The monoisotopic (exact) mass is 388 g/mol. The molecule has 0 atom stereocenters. The number of amides is 2. The SMILES string of the molecule is CCN(Cc1noc(CC(C)C)n1)C(=O)CN1C(=O)CSc2ccccc21. The topological polar surface area (TPSA) is 79.5 Å². The molecule has 0 fully saturated rings. The van der Waals surface area contributed by atoms with Gasteiger partial charge in [-0.1, -0.05) is 31.1 Å². The zero-order valence-electron chi connectivity index (χ0n) is 15.8. The maximum Gasteiger partial charge on any atom is 0.243 e. The Hall–Kier alpha value is -2.35. The van der Waals surface area contributed by atoms with E-state index in [4.69, 9.17) is 4.52 Å². The summed E-state index contributed by atoms with van der Waals surface area (Å²) in [7, 11) is 0. The molecule has 7 nitrogen and oxygen atoms in total. The zero-order chi connectivity index (χ0) is 19.4. The van der Waals surface area contributed by atoms with Gasteiger partial charge in [-0.2, -0.15) is 4.98 Å². The van der Waals surface area contributed by atoms with E-state index in [0.29, 0.717) is 36.4 Å². The maximum absolute atomic E-state index is 12.8. The third-order valence-electron chi connectivity index (χ3n) is 4.26. The molecule has 0 saturated carbocycles. The van der Waals surface area contributed by atoms with Crippen molar-refractivity contribution >= 4 is 29.3 Å². The van der Waals surface area contributed by atoms with Crippen molar-refractivity contribution in [3.8, 4) is 0 Å². The lowest BCUT2D eigenvalue weighted by atomic mass is 10.1. The molecule has 0 radical (unpaired) electrons. The number of benzene rings is 1.